The second-order valence-electron chi connectivity index (χ2n) is 5.24. The number of aromatic nitrogens is 3. The van der Waals surface area contributed by atoms with Crippen LogP contribution in [0.25, 0.3) is 11.0 Å². The van der Waals surface area contributed by atoms with Crippen molar-refractivity contribution in [2.75, 3.05) is 0 Å². The number of oxime groups is 1. The Morgan fingerprint density at radius 3 is 2.62 bits per heavy atom. The zero-order valence-electron chi connectivity index (χ0n) is 13.1. The molecule has 0 bridgehead atoms. The molecule has 0 unspecified atom stereocenters. The summed E-state index contributed by atoms with van der Waals surface area (Å²) in [5.41, 5.74) is 5.06. The van der Waals surface area contributed by atoms with Gasteiger partial charge in [0.25, 0.3) is 0 Å². The maximum absolute atomic E-state index is 9.45. The number of hydrogen-bond acceptors (Lipinski definition) is 6. The van der Waals surface area contributed by atoms with Crippen molar-refractivity contribution in [2.45, 2.75) is 13.8 Å². The third-order valence-electron chi connectivity index (χ3n) is 3.53. The number of nitrogens with one attached hydrogen (secondary N) is 2. The van der Waals surface area contributed by atoms with Crippen LogP contribution in [0.4, 0.5) is 5.82 Å². The number of aromatic amines is 1. The van der Waals surface area contributed by atoms with E-state index in [9.17, 15) is 10.4 Å². The van der Waals surface area contributed by atoms with E-state index in [4.69, 9.17) is 0 Å². The summed E-state index contributed by atoms with van der Waals surface area (Å²) in [4.78, 5) is 8.65. The van der Waals surface area contributed by atoms with E-state index in [0.717, 1.165) is 16.6 Å². The van der Waals surface area contributed by atoms with E-state index in [0.29, 0.717) is 17.0 Å². The highest BCUT2D eigenvalue weighted by Crippen LogP contribution is 2.26. The number of fused-ring (bicyclic) bond motifs is 1. The molecule has 8 nitrogen and oxygen atoms in total. The van der Waals surface area contributed by atoms with Gasteiger partial charge in [0.1, 0.15) is 0 Å². The highest BCUT2D eigenvalue weighted by molar-refractivity contribution is 6.47. The SMILES string of the molecule is Cc1cc(C)c2c(N=C(NO)C(=NO)c3ccccc3)n[nH]c2n1. The Morgan fingerprint density at radius 2 is 1.96 bits per heavy atom. The van der Waals surface area contributed by atoms with Gasteiger partial charge in [0.2, 0.25) is 0 Å². The average molecular weight is 324 g/mol. The predicted molar refractivity (Wildman–Crippen MR) is 90.1 cm³/mol. The first-order valence-corrected chi connectivity index (χ1v) is 7.23. The second-order valence-corrected chi connectivity index (χ2v) is 5.24. The minimum atomic E-state index is -0.0305. The molecule has 2 heterocycles. The molecule has 0 atom stereocenters. The molecule has 0 aliphatic carbocycles. The van der Waals surface area contributed by atoms with Gasteiger partial charge in [-0.1, -0.05) is 35.5 Å². The molecule has 2 aromatic heterocycles. The smallest absolute Gasteiger partial charge is 0.185 e. The van der Waals surface area contributed by atoms with E-state index in [1.165, 1.54) is 0 Å². The molecule has 0 saturated heterocycles. The number of amidine groups is 1. The molecule has 0 radical (unpaired) electrons. The predicted octanol–water partition coefficient (Wildman–Crippen LogP) is 2.46. The van der Waals surface area contributed by atoms with Gasteiger partial charge in [-0.15, -0.1) is 0 Å². The topological polar surface area (TPSA) is 119 Å². The molecular weight excluding hydrogens is 308 g/mol. The number of rotatable bonds is 3. The lowest BCUT2D eigenvalue weighted by molar-refractivity contribution is 0.236. The van der Waals surface area contributed by atoms with E-state index in [1.54, 1.807) is 24.3 Å². The highest BCUT2D eigenvalue weighted by Gasteiger charge is 2.16. The number of benzene rings is 1. The number of hydrogen-bond donors (Lipinski definition) is 4. The van der Waals surface area contributed by atoms with Crippen molar-refractivity contribution in [1.29, 1.82) is 0 Å². The van der Waals surface area contributed by atoms with E-state index in [2.05, 4.69) is 25.3 Å². The van der Waals surface area contributed by atoms with Crippen molar-refractivity contribution in [1.82, 2.24) is 20.7 Å². The number of hydroxylamine groups is 1. The van der Waals surface area contributed by atoms with E-state index in [-0.39, 0.29) is 11.5 Å². The Balaban J connectivity index is 2.12. The van der Waals surface area contributed by atoms with Crippen molar-refractivity contribution < 1.29 is 10.4 Å². The van der Waals surface area contributed by atoms with Gasteiger partial charge in [-0.3, -0.25) is 15.8 Å². The molecule has 0 saturated carbocycles. The van der Waals surface area contributed by atoms with Gasteiger partial charge in [-0.25, -0.2) is 9.98 Å². The fraction of sp³-hybridized carbons (Fsp3) is 0.125. The molecule has 4 N–H and O–H groups in total. The van der Waals surface area contributed by atoms with E-state index in [1.807, 2.05) is 31.5 Å². The summed E-state index contributed by atoms with van der Waals surface area (Å²) >= 11 is 0. The number of H-pyrrole nitrogens is 1. The van der Waals surface area contributed by atoms with Gasteiger partial charge in [0.05, 0.1) is 5.39 Å². The Hall–Kier alpha value is -3.26. The number of aliphatic imine (C=N–C) groups is 1. The summed E-state index contributed by atoms with van der Waals surface area (Å²) in [7, 11) is 0. The van der Waals surface area contributed by atoms with Gasteiger partial charge in [-0.2, -0.15) is 5.10 Å². The Morgan fingerprint density at radius 1 is 1.21 bits per heavy atom. The molecule has 1 aromatic carbocycles. The summed E-state index contributed by atoms with van der Waals surface area (Å²) < 4.78 is 0. The average Bonchev–Trinajstić information content (AvgIpc) is 2.98. The molecule has 0 amide bonds. The fourth-order valence-electron chi connectivity index (χ4n) is 2.52. The van der Waals surface area contributed by atoms with E-state index >= 15 is 0 Å². The van der Waals surface area contributed by atoms with Crippen molar-refractivity contribution in [3.63, 3.8) is 0 Å². The third-order valence-corrected chi connectivity index (χ3v) is 3.53. The molecule has 0 fully saturated rings. The maximum atomic E-state index is 9.45. The molecule has 8 heteroatoms. The van der Waals surface area contributed by atoms with Gasteiger partial charge in [0, 0.05) is 11.3 Å². The first kappa shape index (κ1) is 15.6. The van der Waals surface area contributed by atoms with Crippen LogP contribution in [0.1, 0.15) is 16.8 Å². The van der Waals surface area contributed by atoms with Gasteiger partial charge in [0.15, 0.2) is 23.0 Å². The number of aryl methyl sites for hydroxylation is 2. The molecular formula is C16H16N6O2. The third kappa shape index (κ3) is 2.82. The zero-order valence-corrected chi connectivity index (χ0v) is 13.1. The van der Waals surface area contributed by atoms with Crippen molar-refractivity contribution in [2.24, 2.45) is 10.1 Å². The van der Waals surface area contributed by atoms with Crippen molar-refractivity contribution in [3.8, 4) is 0 Å². The van der Waals surface area contributed by atoms with Crippen LogP contribution >= 0.6 is 0 Å². The number of pyridine rings is 1. The van der Waals surface area contributed by atoms with Crippen LogP contribution in [-0.4, -0.2) is 37.1 Å². The lowest BCUT2D eigenvalue weighted by atomic mass is 10.1. The van der Waals surface area contributed by atoms with Gasteiger partial charge >= 0.3 is 0 Å². The van der Waals surface area contributed by atoms with Crippen molar-refractivity contribution in [3.05, 3.63) is 53.2 Å². The minimum absolute atomic E-state index is 0.0305. The summed E-state index contributed by atoms with van der Waals surface area (Å²) in [6.07, 6.45) is 0. The van der Waals surface area contributed by atoms with Crippen LogP contribution < -0.4 is 5.48 Å². The Kier molecular flexibility index (Phi) is 4.21. The van der Waals surface area contributed by atoms with Gasteiger partial charge in [-0.05, 0) is 25.5 Å². The lowest BCUT2D eigenvalue weighted by Crippen LogP contribution is -2.29. The van der Waals surface area contributed by atoms with Crippen LogP contribution in [0.5, 0.6) is 0 Å². The maximum Gasteiger partial charge on any atom is 0.185 e. The Labute approximate surface area is 137 Å². The molecule has 24 heavy (non-hydrogen) atoms. The quantitative estimate of drug-likeness (QED) is 0.255. The van der Waals surface area contributed by atoms with Crippen LogP contribution in [0.2, 0.25) is 0 Å². The van der Waals surface area contributed by atoms with Crippen molar-refractivity contribution >= 4 is 28.4 Å². The number of nitrogens with zero attached hydrogens (tertiary/aromatic N) is 4. The molecule has 0 aliphatic rings. The second kappa shape index (κ2) is 6.47. The standard InChI is InChI=1S/C16H16N6O2/c1-9-8-10(2)17-14-12(9)15(20-19-14)18-16(22-24)13(21-23)11-6-4-3-5-7-11/h3-8,23-24H,1-2H3,(H2,17,18,19,20,22). The minimum Gasteiger partial charge on any atom is -0.410 e. The highest BCUT2D eigenvalue weighted by atomic mass is 16.5. The molecule has 3 aromatic rings. The first-order valence-electron chi connectivity index (χ1n) is 7.23. The lowest BCUT2D eigenvalue weighted by Gasteiger charge is -2.06. The summed E-state index contributed by atoms with van der Waals surface area (Å²) in [6, 6.07) is 10.8. The Bertz CT molecular complexity index is 930. The molecule has 3 rings (SSSR count). The molecule has 122 valence electrons. The van der Waals surface area contributed by atoms with E-state index < -0.39 is 0 Å². The van der Waals surface area contributed by atoms with Crippen LogP contribution in [0, 0.1) is 13.8 Å². The first-order chi connectivity index (χ1) is 11.6. The summed E-state index contributed by atoms with van der Waals surface area (Å²) in [6.45, 7) is 3.82. The van der Waals surface area contributed by atoms with Gasteiger partial charge < -0.3 is 5.21 Å². The van der Waals surface area contributed by atoms with Crippen LogP contribution in [0.15, 0.2) is 46.5 Å². The van der Waals surface area contributed by atoms with Crippen LogP contribution in [-0.2, 0) is 0 Å². The summed E-state index contributed by atoms with van der Waals surface area (Å²) in [5.74, 6) is 0.306. The normalized spacial score (nSPS) is 12.6. The summed E-state index contributed by atoms with van der Waals surface area (Å²) in [5, 5.41) is 29.7. The fourth-order valence-corrected chi connectivity index (χ4v) is 2.52. The van der Waals surface area contributed by atoms with Crippen LogP contribution in [0.3, 0.4) is 0 Å². The zero-order chi connectivity index (χ0) is 17.1. The largest absolute Gasteiger partial charge is 0.410 e. The molecule has 0 aliphatic heterocycles. The molecule has 0 spiro atoms. The monoisotopic (exact) mass is 324 g/mol.